The largest absolute Gasteiger partial charge is 0.392 e. The maximum Gasteiger partial charge on any atom is 0.293 e. The number of hydrogen-bond acceptors (Lipinski definition) is 7. The van der Waals surface area contributed by atoms with Gasteiger partial charge >= 0.3 is 0 Å². The molecule has 0 radical (unpaired) electrons. The van der Waals surface area contributed by atoms with Gasteiger partial charge in [0.1, 0.15) is 5.82 Å². The Morgan fingerprint density at radius 2 is 1.85 bits per heavy atom. The van der Waals surface area contributed by atoms with Gasteiger partial charge in [-0.25, -0.2) is 9.37 Å². The maximum absolute atomic E-state index is 15.1. The molecule has 3 aliphatic rings. The first kappa shape index (κ1) is 29.8. The van der Waals surface area contributed by atoms with Crippen LogP contribution in [0.3, 0.4) is 0 Å². The van der Waals surface area contributed by atoms with Crippen LogP contribution < -0.4 is 15.8 Å². The smallest absolute Gasteiger partial charge is 0.293 e. The predicted molar refractivity (Wildman–Crippen MR) is 171 cm³/mol. The second-order valence-corrected chi connectivity index (χ2v) is 12.0. The van der Waals surface area contributed by atoms with E-state index < -0.39 is 17.3 Å². The van der Waals surface area contributed by atoms with E-state index in [1.807, 2.05) is 12.1 Å². The highest BCUT2D eigenvalue weighted by Gasteiger charge is 2.30. The van der Waals surface area contributed by atoms with Crippen molar-refractivity contribution in [3.05, 3.63) is 105 Å². The molecule has 0 atom stereocenters. The van der Waals surface area contributed by atoms with Crippen LogP contribution in [0.4, 0.5) is 21.6 Å². The molecular weight excluding hydrogens is 589 g/mol. The van der Waals surface area contributed by atoms with Crippen molar-refractivity contribution in [2.45, 2.75) is 31.8 Å². The zero-order chi connectivity index (χ0) is 31.9. The van der Waals surface area contributed by atoms with Crippen molar-refractivity contribution in [3.8, 4) is 11.3 Å². The highest BCUT2D eigenvalue weighted by molar-refractivity contribution is 6.09. The minimum Gasteiger partial charge on any atom is -0.392 e. The van der Waals surface area contributed by atoms with Crippen molar-refractivity contribution < 1.29 is 23.8 Å². The second kappa shape index (κ2) is 12.1. The number of anilines is 3. The second-order valence-electron chi connectivity index (χ2n) is 12.0. The number of morpholine rings is 1. The lowest BCUT2D eigenvalue weighted by molar-refractivity contribution is 0.0300. The Morgan fingerprint density at radius 3 is 2.59 bits per heavy atom. The van der Waals surface area contributed by atoms with E-state index in [1.165, 1.54) is 35.1 Å². The quantitative estimate of drug-likeness (QED) is 0.314. The fourth-order valence-corrected chi connectivity index (χ4v) is 6.30. The van der Waals surface area contributed by atoms with Crippen molar-refractivity contribution in [2.75, 3.05) is 43.1 Å². The molecule has 1 saturated carbocycles. The Kier molecular flexibility index (Phi) is 7.87. The van der Waals surface area contributed by atoms with Crippen LogP contribution in [0.15, 0.2) is 65.6 Å². The lowest BCUT2D eigenvalue weighted by Crippen LogP contribution is -2.41. The van der Waals surface area contributed by atoms with Crippen LogP contribution in [0.25, 0.3) is 11.3 Å². The summed E-state index contributed by atoms with van der Waals surface area (Å²) in [5.74, 6) is -0.716. The number of carbonyl (C=O) groups excluding carboxylic acids is 2. The molecule has 1 saturated heterocycles. The molecule has 1 aromatic heterocycles. The molecule has 2 amide bonds. The first-order valence-electron chi connectivity index (χ1n) is 15.5. The molecule has 3 heterocycles. The van der Waals surface area contributed by atoms with Crippen LogP contribution in [-0.4, -0.2) is 64.2 Å². The fourth-order valence-electron chi connectivity index (χ4n) is 6.30. The standard InChI is InChI=1S/C35H34FN5O5/c1-39-19-30(38-32(35(39)45)37-24-8-10-27(29(36)18-24)33(43)40-13-15-46-16-14-40)26-3-2-4-31(28(26)20-42)41-12-11-23-17-22(21-5-6-21)7-9-25(23)34(41)44/h2-4,7-10,17-19,21,42H,5-6,11-16,20H2,1H3,(H,37,38). The molecule has 2 aliphatic heterocycles. The van der Waals surface area contributed by atoms with Gasteiger partial charge < -0.3 is 29.5 Å². The van der Waals surface area contributed by atoms with E-state index in [2.05, 4.69) is 16.4 Å². The van der Waals surface area contributed by atoms with Crippen LogP contribution in [0.5, 0.6) is 0 Å². The number of carbonyl (C=O) groups is 2. The molecule has 0 bridgehead atoms. The van der Waals surface area contributed by atoms with Crippen molar-refractivity contribution >= 4 is 29.0 Å². The molecular formula is C35H34FN5O5. The van der Waals surface area contributed by atoms with Gasteiger partial charge in [0.05, 0.1) is 36.8 Å². The summed E-state index contributed by atoms with van der Waals surface area (Å²) in [4.78, 5) is 47.4. The molecule has 4 aromatic rings. The number of ether oxygens (including phenoxy) is 1. The van der Waals surface area contributed by atoms with Gasteiger partial charge in [0.15, 0.2) is 5.82 Å². The zero-order valence-corrected chi connectivity index (χ0v) is 25.5. The summed E-state index contributed by atoms with van der Waals surface area (Å²) in [6.07, 6.45) is 4.66. The molecule has 1 aliphatic carbocycles. The molecule has 0 spiro atoms. The average molecular weight is 624 g/mol. The predicted octanol–water partition coefficient (Wildman–Crippen LogP) is 4.38. The molecule has 10 nitrogen and oxygen atoms in total. The molecule has 2 N–H and O–H groups in total. The van der Waals surface area contributed by atoms with Crippen LogP contribution in [0, 0.1) is 5.82 Å². The number of aliphatic hydroxyl groups is 1. The first-order valence-corrected chi connectivity index (χ1v) is 15.5. The summed E-state index contributed by atoms with van der Waals surface area (Å²) in [6, 6.07) is 15.6. The number of nitrogens with zero attached hydrogens (tertiary/aromatic N) is 4. The fraction of sp³-hybridized carbons (Fsp3) is 0.314. The number of rotatable bonds is 7. The Morgan fingerprint density at radius 1 is 1.04 bits per heavy atom. The van der Waals surface area contributed by atoms with Gasteiger partial charge in [0, 0.05) is 55.3 Å². The van der Waals surface area contributed by atoms with Crippen molar-refractivity contribution in [1.82, 2.24) is 14.5 Å². The van der Waals surface area contributed by atoms with Crippen molar-refractivity contribution in [3.63, 3.8) is 0 Å². The van der Waals surface area contributed by atoms with E-state index in [9.17, 15) is 19.5 Å². The van der Waals surface area contributed by atoms with E-state index >= 15 is 4.39 Å². The summed E-state index contributed by atoms with van der Waals surface area (Å²) in [5.41, 5.74) is 4.77. The Labute approximate surface area is 265 Å². The summed E-state index contributed by atoms with van der Waals surface area (Å²) < 4.78 is 21.7. The van der Waals surface area contributed by atoms with Crippen LogP contribution >= 0.6 is 0 Å². The number of nitrogens with one attached hydrogen (secondary N) is 1. The van der Waals surface area contributed by atoms with Crippen LogP contribution in [0.2, 0.25) is 0 Å². The topological polar surface area (TPSA) is 117 Å². The molecule has 0 unspecified atom stereocenters. The number of benzene rings is 3. The van der Waals surface area contributed by atoms with Gasteiger partial charge in [0.2, 0.25) is 0 Å². The molecule has 46 heavy (non-hydrogen) atoms. The number of amides is 2. The Bertz CT molecular complexity index is 1910. The van der Waals surface area contributed by atoms with E-state index in [1.54, 1.807) is 41.2 Å². The number of halogens is 1. The highest BCUT2D eigenvalue weighted by atomic mass is 19.1. The van der Waals surface area contributed by atoms with Crippen molar-refractivity contribution in [2.24, 2.45) is 7.05 Å². The van der Waals surface area contributed by atoms with Crippen LogP contribution in [0.1, 0.15) is 56.2 Å². The van der Waals surface area contributed by atoms with E-state index in [0.29, 0.717) is 73.3 Å². The minimum atomic E-state index is -0.721. The van der Waals surface area contributed by atoms with Gasteiger partial charge in [-0.2, -0.15) is 0 Å². The van der Waals surface area contributed by atoms with Crippen LogP contribution in [-0.2, 0) is 24.8 Å². The lowest BCUT2D eigenvalue weighted by atomic mass is 9.93. The lowest BCUT2D eigenvalue weighted by Gasteiger charge is -2.31. The Balaban J connectivity index is 1.18. The number of aromatic nitrogens is 2. The summed E-state index contributed by atoms with van der Waals surface area (Å²) >= 11 is 0. The number of aryl methyl sites for hydroxylation is 1. The van der Waals surface area contributed by atoms with Gasteiger partial charge in [0.25, 0.3) is 17.4 Å². The van der Waals surface area contributed by atoms with Gasteiger partial charge in [-0.1, -0.05) is 24.3 Å². The zero-order valence-electron chi connectivity index (χ0n) is 25.5. The molecule has 7 rings (SSSR count). The monoisotopic (exact) mass is 623 g/mol. The molecule has 2 fully saturated rings. The van der Waals surface area contributed by atoms with Gasteiger partial charge in [-0.05, 0) is 66.6 Å². The number of fused-ring (bicyclic) bond motifs is 1. The minimum absolute atomic E-state index is 0.0598. The third kappa shape index (κ3) is 5.56. The summed E-state index contributed by atoms with van der Waals surface area (Å²) in [5, 5.41) is 13.5. The molecule has 236 valence electrons. The molecule has 3 aromatic carbocycles. The summed E-state index contributed by atoms with van der Waals surface area (Å²) in [7, 11) is 1.58. The number of hydrogen-bond donors (Lipinski definition) is 2. The van der Waals surface area contributed by atoms with Gasteiger partial charge in [-0.3, -0.25) is 14.4 Å². The first-order chi connectivity index (χ1) is 22.3. The van der Waals surface area contributed by atoms with E-state index in [4.69, 9.17) is 4.74 Å². The third-order valence-electron chi connectivity index (χ3n) is 8.97. The third-order valence-corrected chi connectivity index (χ3v) is 8.97. The van der Waals surface area contributed by atoms with Gasteiger partial charge in [-0.15, -0.1) is 0 Å². The molecule has 11 heteroatoms. The van der Waals surface area contributed by atoms with Crippen molar-refractivity contribution in [1.29, 1.82) is 0 Å². The maximum atomic E-state index is 15.1. The Hall–Kier alpha value is -4.87. The van der Waals surface area contributed by atoms with E-state index in [-0.39, 0.29) is 29.6 Å². The average Bonchev–Trinajstić information content (AvgIpc) is 3.93. The number of aliphatic hydroxyl groups excluding tert-OH is 1. The highest BCUT2D eigenvalue weighted by Crippen LogP contribution is 2.41. The summed E-state index contributed by atoms with van der Waals surface area (Å²) in [6.45, 7) is 1.70. The van der Waals surface area contributed by atoms with E-state index in [0.717, 1.165) is 11.6 Å². The normalized spacial score (nSPS) is 16.4. The SMILES string of the molecule is Cn1cc(-c2cccc(N3CCc4cc(C5CC5)ccc4C3=O)c2CO)nc(Nc2ccc(C(=O)N3CCOCC3)c(F)c2)c1=O.